The van der Waals surface area contributed by atoms with Crippen molar-refractivity contribution >= 4 is 15.9 Å². The molecule has 2 nitrogen and oxygen atoms in total. The van der Waals surface area contributed by atoms with Crippen LogP contribution in [0.15, 0.2) is 16.6 Å². The summed E-state index contributed by atoms with van der Waals surface area (Å²) in [6.45, 7) is 3.19. The van der Waals surface area contributed by atoms with E-state index in [-0.39, 0.29) is 0 Å². The minimum Gasteiger partial charge on any atom is -0.496 e. The molecule has 0 bridgehead atoms. The molecule has 3 heteroatoms. The van der Waals surface area contributed by atoms with Gasteiger partial charge in [0.25, 0.3) is 0 Å². The summed E-state index contributed by atoms with van der Waals surface area (Å²) in [4.78, 5) is 0. The van der Waals surface area contributed by atoms with Gasteiger partial charge >= 0.3 is 0 Å². The van der Waals surface area contributed by atoms with Crippen LogP contribution in [0, 0.1) is 6.92 Å². The number of hydrogen-bond donors (Lipinski definition) is 1. The zero-order valence-corrected chi connectivity index (χ0v) is 10.7. The van der Waals surface area contributed by atoms with E-state index in [2.05, 4.69) is 40.3 Å². The highest BCUT2D eigenvalue weighted by Gasteiger charge is 2.23. The number of halogens is 1. The maximum Gasteiger partial charge on any atom is 0.127 e. The molecule has 1 aromatic carbocycles. The highest BCUT2D eigenvalue weighted by Crippen LogP contribution is 2.38. The highest BCUT2D eigenvalue weighted by atomic mass is 79.9. The van der Waals surface area contributed by atoms with Crippen molar-refractivity contribution in [2.45, 2.75) is 25.8 Å². The minimum atomic E-state index is 0.439. The second-order valence-corrected chi connectivity index (χ2v) is 4.81. The van der Waals surface area contributed by atoms with E-state index in [0.717, 1.165) is 16.8 Å². The monoisotopic (exact) mass is 269 g/mol. The lowest BCUT2D eigenvalue weighted by atomic mass is 10.0. The number of benzene rings is 1. The lowest BCUT2D eigenvalue weighted by Gasteiger charge is -2.18. The zero-order valence-electron chi connectivity index (χ0n) is 9.14. The van der Waals surface area contributed by atoms with Crippen LogP contribution in [-0.2, 0) is 0 Å². The van der Waals surface area contributed by atoms with Crippen LogP contribution >= 0.6 is 15.9 Å². The van der Waals surface area contributed by atoms with Crippen molar-refractivity contribution in [2.24, 2.45) is 0 Å². The minimum absolute atomic E-state index is 0.439. The molecule has 82 valence electrons. The van der Waals surface area contributed by atoms with Crippen LogP contribution in [0.1, 0.15) is 30.0 Å². The summed E-state index contributed by atoms with van der Waals surface area (Å²) in [6.07, 6.45) is 2.44. The first-order chi connectivity index (χ1) is 7.24. The quantitative estimate of drug-likeness (QED) is 0.891. The fraction of sp³-hybridized carbons (Fsp3) is 0.500. The molecular weight excluding hydrogens is 254 g/mol. The van der Waals surface area contributed by atoms with Crippen LogP contribution in [0.5, 0.6) is 5.75 Å². The lowest BCUT2D eigenvalue weighted by Crippen LogP contribution is -2.14. The average Bonchev–Trinajstić information content (AvgIpc) is 2.74. The van der Waals surface area contributed by atoms with Crippen molar-refractivity contribution in [3.05, 3.63) is 27.7 Å². The summed E-state index contributed by atoms with van der Waals surface area (Å²) in [5, 5.41) is 3.51. The van der Waals surface area contributed by atoms with E-state index in [0.29, 0.717) is 6.04 Å². The van der Waals surface area contributed by atoms with E-state index < -0.39 is 0 Å². The third-order valence-electron chi connectivity index (χ3n) is 2.95. The van der Waals surface area contributed by atoms with Crippen molar-refractivity contribution in [3.8, 4) is 5.75 Å². The van der Waals surface area contributed by atoms with Gasteiger partial charge in [-0.15, -0.1) is 0 Å². The van der Waals surface area contributed by atoms with Gasteiger partial charge in [-0.1, -0.05) is 22.0 Å². The molecule has 1 fully saturated rings. The normalized spacial score (nSPS) is 20.6. The zero-order chi connectivity index (χ0) is 10.8. The number of rotatable bonds is 2. The molecule has 0 spiro atoms. The van der Waals surface area contributed by atoms with Crippen molar-refractivity contribution in [1.29, 1.82) is 0 Å². The number of hydrogen-bond acceptors (Lipinski definition) is 2. The Morgan fingerprint density at radius 1 is 1.47 bits per heavy atom. The van der Waals surface area contributed by atoms with Gasteiger partial charge in [-0.2, -0.15) is 0 Å². The Morgan fingerprint density at radius 2 is 2.27 bits per heavy atom. The van der Waals surface area contributed by atoms with Gasteiger partial charge < -0.3 is 10.1 Å². The first kappa shape index (κ1) is 11.0. The van der Waals surface area contributed by atoms with Crippen LogP contribution < -0.4 is 10.1 Å². The van der Waals surface area contributed by atoms with E-state index in [4.69, 9.17) is 4.74 Å². The first-order valence-electron chi connectivity index (χ1n) is 5.30. The molecule has 1 heterocycles. The van der Waals surface area contributed by atoms with Gasteiger partial charge in [-0.05, 0) is 37.9 Å². The van der Waals surface area contributed by atoms with E-state index in [1.54, 1.807) is 7.11 Å². The number of methoxy groups -OCH3 is 1. The Kier molecular flexibility index (Phi) is 3.32. The molecule has 1 unspecified atom stereocenters. The smallest absolute Gasteiger partial charge is 0.127 e. The largest absolute Gasteiger partial charge is 0.496 e. The van der Waals surface area contributed by atoms with Gasteiger partial charge in [0, 0.05) is 16.1 Å². The summed E-state index contributed by atoms with van der Waals surface area (Å²) < 4.78 is 6.64. The third kappa shape index (κ3) is 2.04. The van der Waals surface area contributed by atoms with E-state index in [1.807, 2.05) is 0 Å². The Hall–Kier alpha value is -0.540. The number of ether oxygens (including phenoxy) is 1. The second kappa shape index (κ2) is 4.54. The van der Waals surface area contributed by atoms with Crippen molar-refractivity contribution < 1.29 is 4.74 Å². The highest BCUT2D eigenvalue weighted by molar-refractivity contribution is 9.10. The molecule has 2 rings (SSSR count). The second-order valence-electron chi connectivity index (χ2n) is 3.96. The molecule has 0 amide bonds. The molecule has 0 aliphatic carbocycles. The Morgan fingerprint density at radius 3 is 2.87 bits per heavy atom. The standard InChI is InChI=1S/C12H16BrNO/c1-8-5-6-9(13)11(12(8)15-2)10-4-3-7-14-10/h5-6,10,14H,3-4,7H2,1-2H3. The van der Waals surface area contributed by atoms with E-state index in [1.165, 1.54) is 24.0 Å². The van der Waals surface area contributed by atoms with E-state index in [9.17, 15) is 0 Å². The van der Waals surface area contributed by atoms with Gasteiger partial charge in [0.1, 0.15) is 5.75 Å². The van der Waals surface area contributed by atoms with Gasteiger partial charge in [-0.3, -0.25) is 0 Å². The van der Waals surface area contributed by atoms with Gasteiger partial charge in [0.05, 0.1) is 7.11 Å². The fourth-order valence-electron chi connectivity index (χ4n) is 2.21. The predicted molar refractivity (Wildman–Crippen MR) is 65.4 cm³/mol. The average molecular weight is 270 g/mol. The summed E-state index contributed by atoms with van der Waals surface area (Å²) in [6, 6.07) is 4.63. The summed E-state index contributed by atoms with van der Waals surface area (Å²) in [7, 11) is 1.74. The van der Waals surface area contributed by atoms with Crippen molar-refractivity contribution in [2.75, 3.05) is 13.7 Å². The SMILES string of the molecule is COc1c(C)ccc(Br)c1C1CCCN1. The van der Waals surface area contributed by atoms with Gasteiger partial charge in [0.2, 0.25) is 0 Å². The summed E-state index contributed by atoms with van der Waals surface area (Å²) in [5.74, 6) is 1.02. The number of aryl methyl sites for hydroxylation is 1. The van der Waals surface area contributed by atoms with E-state index >= 15 is 0 Å². The fourth-order valence-corrected chi connectivity index (χ4v) is 2.80. The van der Waals surface area contributed by atoms with Crippen LogP contribution in [-0.4, -0.2) is 13.7 Å². The van der Waals surface area contributed by atoms with Gasteiger partial charge in [-0.25, -0.2) is 0 Å². The predicted octanol–water partition coefficient (Wildman–Crippen LogP) is 3.19. The van der Waals surface area contributed by atoms with Gasteiger partial charge in [0.15, 0.2) is 0 Å². The molecular formula is C12H16BrNO. The molecule has 0 saturated carbocycles. The summed E-state index contributed by atoms with van der Waals surface area (Å²) >= 11 is 3.61. The summed E-state index contributed by atoms with van der Waals surface area (Å²) in [5.41, 5.74) is 2.47. The lowest BCUT2D eigenvalue weighted by molar-refractivity contribution is 0.399. The topological polar surface area (TPSA) is 21.3 Å². The molecule has 1 aliphatic heterocycles. The molecule has 0 radical (unpaired) electrons. The molecule has 1 aliphatic rings. The molecule has 1 N–H and O–H groups in total. The molecule has 1 aromatic rings. The molecule has 1 saturated heterocycles. The Balaban J connectivity index is 2.46. The molecule has 15 heavy (non-hydrogen) atoms. The van der Waals surface area contributed by atoms with Crippen LogP contribution in [0.4, 0.5) is 0 Å². The Bertz CT molecular complexity index is 359. The van der Waals surface area contributed by atoms with Crippen molar-refractivity contribution in [3.63, 3.8) is 0 Å². The maximum atomic E-state index is 5.50. The molecule has 0 aromatic heterocycles. The van der Waals surface area contributed by atoms with Crippen molar-refractivity contribution in [1.82, 2.24) is 5.32 Å². The van der Waals surface area contributed by atoms with Crippen LogP contribution in [0.2, 0.25) is 0 Å². The van der Waals surface area contributed by atoms with Crippen LogP contribution in [0.3, 0.4) is 0 Å². The molecule has 1 atom stereocenters. The van der Waals surface area contributed by atoms with Crippen LogP contribution in [0.25, 0.3) is 0 Å². The third-order valence-corrected chi connectivity index (χ3v) is 3.64. The number of nitrogens with one attached hydrogen (secondary N) is 1. The maximum absolute atomic E-state index is 5.50. The Labute approximate surface area is 99.1 Å². The first-order valence-corrected chi connectivity index (χ1v) is 6.09.